The van der Waals surface area contributed by atoms with Crippen LogP contribution in [0.15, 0.2) is 54.1 Å². The maximum atomic E-state index is 12.2. The van der Waals surface area contributed by atoms with Crippen LogP contribution < -0.4 is 0 Å². The molecular weight excluding hydrogens is 224 g/mol. The fourth-order valence-electron chi connectivity index (χ4n) is 2.24. The summed E-state index contributed by atoms with van der Waals surface area (Å²) >= 11 is 0. The third kappa shape index (κ3) is 1.82. The Balaban J connectivity index is 1.97. The number of ketones is 1. The molecule has 18 heavy (non-hydrogen) atoms. The molecule has 0 heterocycles. The summed E-state index contributed by atoms with van der Waals surface area (Å²) in [6, 6.07) is 14.6. The van der Waals surface area contributed by atoms with Gasteiger partial charge in [0.15, 0.2) is 5.78 Å². The van der Waals surface area contributed by atoms with Gasteiger partial charge in [0, 0.05) is 17.6 Å². The Morgan fingerprint density at radius 2 is 1.72 bits per heavy atom. The number of allylic oxidation sites excluding steroid dienone is 1. The molecule has 0 amide bonds. The maximum absolute atomic E-state index is 12.2. The van der Waals surface area contributed by atoms with Gasteiger partial charge in [-0.25, -0.2) is 0 Å². The highest BCUT2D eigenvalue weighted by molar-refractivity contribution is 6.15. The highest BCUT2D eigenvalue weighted by Crippen LogP contribution is 2.27. The molecule has 0 unspecified atom stereocenters. The number of rotatable bonds is 1. The predicted molar refractivity (Wildman–Crippen MR) is 70.6 cm³/mol. The second-order valence-electron chi connectivity index (χ2n) is 4.42. The molecule has 0 aliphatic heterocycles. The lowest BCUT2D eigenvalue weighted by Gasteiger charge is -1.97. The topological polar surface area (TPSA) is 37.3 Å². The normalized spacial score (nSPS) is 16.0. The molecule has 1 N–H and O–H groups in total. The minimum absolute atomic E-state index is 0.110. The number of fused-ring (bicyclic) bond motifs is 1. The van der Waals surface area contributed by atoms with E-state index in [2.05, 4.69) is 0 Å². The Bertz CT molecular complexity index is 636. The lowest BCUT2D eigenvalue weighted by atomic mass is 10.1. The molecule has 88 valence electrons. The Labute approximate surface area is 105 Å². The van der Waals surface area contributed by atoms with E-state index in [1.165, 1.54) is 0 Å². The van der Waals surface area contributed by atoms with Crippen LogP contribution in [0, 0.1) is 0 Å². The molecule has 2 aromatic rings. The molecule has 2 nitrogen and oxygen atoms in total. The molecule has 0 bridgehead atoms. The SMILES string of the molecule is O=C1C(=Cc2ccc(O)cc2)Cc2ccccc21. The van der Waals surface area contributed by atoms with Crippen LogP contribution in [0.2, 0.25) is 0 Å². The summed E-state index contributed by atoms with van der Waals surface area (Å²) in [5, 5.41) is 9.22. The lowest BCUT2D eigenvalue weighted by molar-refractivity contribution is 0.104. The van der Waals surface area contributed by atoms with Gasteiger partial charge in [-0.1, -0.05) is 36.4 Å². The molecule has 0 spiro atoms. The van der Waals surface area contributed by atoms with Crippen LogP contribution in [-0.4, -0.2) is 10.9 Å². The standard InChI is InChI=1S/C16H12O2/c17-14-7-5-11(6-8-14)9-13-10-12-3-1-2-4-15(12)16(13)18/h1-9,17H,10H2. The summed E-state index contributed by atoms with van der Waals surface area (Å²) in [6.45, 7) is 0. The highest BCUT2D eigenvalue weighted by atomic mass is 16.3. The monoisotopic (exact) mass is 236 g/mol. The second-order valence-corrected chi connectivity index (χ2v) is 4.42. The Morgan fingerprint density at radius 1 is 1.00 bits per heavy atom. The van der Waals surface area contributed by atoms with Crippen LogP contribution >= 0.6 is 0 Å². The number of phenolic OH excluding ortho intramolecular Hbond substituents is 1. The first-order valence-electron chi connectivity index (χ1n) is 5.86. The van der Waals surface area contributed by atoms with Gasteiger partial charge in [-0.05, 0) is 29.3 Å². The van der Waals surface area contributed by atoms with Crippen molar-refractivity contribution in [1.29, 1.82) is 0 Å². The Morgan fingerprint density at radius 3 is 2.44 bits per heavy atom. The van der Waals surface area contributed by atoms with Crippen molar-refractivity contribution in [1.82, 2.24) is 0 Å². The number of benzene rings is 2. The van der Waals surface area contributed by atoms with Crippen molar-refractivity contribution in [3.63, 3.8) is 0 Å². The molecule has 0 atom stereocenters. The van der Waals surface area contributed by atoms with E-state index in [4.69, 9.17) is 0 Å². The highest BCUT2D eigenvalue weighted by Gasteiger charge is 2.23. The fraction of sp³-hybridized carbons (Fsp3) is 0.0625. The first kappa shape index (κ1) is 10.8. The number of hydrogen-bond acceptors (Lipinski definition) is 2. The zero-order valence-corrected chi connectivity index (χ0v) is 9.76. The smallest absolute Gasteiger partial charge is 0.189 e. The molecule has 0 radical (unpaired) electrons. The van der Waals surface area contributed by atoms with Crippen molar-refractivity contribution in [2.75, 3.05) is 0 Å². The van der Waals surface area contributed by atoms with Gasteiger partial charge in [0.1, 0.15) is 5.75 Å². The van der Waals surface area contributed by atoms with Crippen LogP contribution in [-0.2, 0) is 6.42 Å². The van der Waals surface area contributed by atoms with Gasteiger partial charge < -0.3 is 5.11 Å². The van der Waals surface area contributed by atoms with Crippen LogP contribution in [0.1, 0.15) is 21.5 Å². The molecule has 3 rings (SSSR count). The fourth-order valence-corrected chi connectivity index (χ4v) is 2.24. The van der Waals surface area contributed by atoms with E-state index < -0.39 is 0 Å². The molecular formula is C16H12O2. The molecule has 0 fully saturated rings. The van der Waals surface area contributed by atoms with Crippen molar-refractivity contribution >= 4 is 11.9 Å². The van der Waals surface area contributed by atoms with E-state index in [1.807, 2.05) is 30.3 Å². The zero-order valence-electron chi connectivity index (χ0n) is 9.76. The molecule has 2 aromatic carbocycles. The van der Waals surface area contributed by atoms with Gasteiger partial charge in [0.2, 0.25) is 0 Å². The zero-order chi connectivity index (χ0) is 12.5. The largest absolute Gasteiger partial charge is 0.508 e. The van der Waals surface area contributed by atoms with Crippen molar-refractivity contribution in [3.05, 3.63) is 70.8 Å². The van der Waals surface area contributed by atoms with Crippen LogP contribution in [0.25, 0.3) is 6.08 Å². The lowest BCUT2D eigenvalue weighted by Crippen LogP contribution is -1.94. The summed E-state index contributed by atoms with van der Waals surface area (Å²) in [5.74, 6) is 0.344. The molecule has 0 aromatic heterocycles. The van der Waals surface area contributed by atoms with Gasteiger partial charge in [-0.15, -0.1) is 0 Å². The average molecular weight is 236 g/mol. The third-order valence-electron chi connectivity index (χ3n) is 3.17. The summed E-state index contributed by atoms with van der Waals surface area (Å²) < 4.78 is 0. The van der Waals surface area contributed by atoms with Crippen molar-refractivity contribution in [3.8, 4) is 5.75 Å². The van der Waals surface area contributed by atoms with E-state index in [0.717, 1.165) is 22.3 Å². The quantitative estimate of drug-likeness (QED) is 0.772. The van der Waals surface area contributed by atoms with Gasteiger partial charge >= 0.3 is 0 Å². The Kier molecular flexibility index (Phi) is 2.49. The summed E-state index contributed by atoms with van der Waals surface area (Å²) in [7, 11) is 0. The Hall–Kier alpha value is -2.35. The summed E-state index contributed by atoms with van der Waals surface area (Å²) in [5.41, 5.74) is 3.64. The van der Waals surface area contributed by atoms with E-state index in [9.17, 15) is 9.90 Å². The van der Waals surface area contributed by atoms with E-state index in [-0.39, 0.29) is 11.5 Å². The number of carbonyl (C=O) groups is 1. The molecule has 1 aliphatic carbocycles. The second kappa shape index (κ2) is 4.15. The van der Waals surface area contributed by atoms with E-state index in [0.29, 0.717) is 6.42 Å². The van der Waals surface area contributed by atoms with Gasteiger partial charge in [-0.3, -0.25) is 4.79 Å². The van der Waals surface area contributed by atoms with E-state index in [1.54, 1.807) is 24.3 Å². The van der Waals surface area contributed by atoms with Gasteiger partial charge in [0.05, 0.1) is 0 Å². The van der Waals surface area contributed by atoms with Gasteiger partial charge in [-0.2, -0.15) is 0 Å². The van der Waals surface area contributed by atoms with Crippen LogP contribution in [0.4, 0.5) is 0 Å². The molecule has 0 saturated carbocycles. The first-order chi connectivity index (χ1) is 8.74. The van der Waals surface area contributed by atoms with Crippen molar-refractivity contribution < 1.29 is 9.90 Å². The average Bonchev–Trinajstić information content (AvgIpc) is 2.70. The number of carbonyl (C=O) groups excluding carboxylic acids is 1. The predicted octanol–water partition coefficient (Wildman–Crippen LogP) is 3.21. The van der Waals surface area contributed by atoms with Crippen LogP contribution in [0.5, 0.6) is 5.75 Å². The van der Waals surface area contributed by atoms with Gasteiger partial charge in [0.25, 0.3) is 0 Å². The van der Waals surface area contributed by atoms with E-state index >= 15 is 0 Å². The minimum Gasteiger partial charge on any atom is -0.508 e. The van der Waals surface area contributed by atoms with Crippen molar-refractivity contribution in [2.45, 2.75) is 6.42 Å². The number of phenols is 1. The molecule has 1 aliphatic rings. The van der Waals surface area contributed by atoms with Crippen LogP contribution in [0.3, 0.4) is 0 Å². The maximum Gasteiger partial charge on any atom is 0.189 e. The number of aromatic hydroxyl groups is 1. The molecule has 0 saturated heterocycles. The summed E-state index contributed by atoms with van der Waals surface area (Å²) in [4.78, 5) is 12.2. The van der Waals surface area contributed by atoms with Crippen molar-refractivity contribution in [2.24, 2.45) is 0 Å². The number of Topliss-reactive ketones (excluding diaryl/α,β-unsaturated/α-hetero) is 1. The number of hydrogen-bond donors (Lipinski definition) is 1. The summed E-state index contributed by atoms with van der Waals surface area (Å²) in [6.07, 6.45) is 2.58. The minimum atomic E-state index is 0.110. The third-order valence-corrected chi connectivity index (χ3v) is 3.17. The molecule has 2 heteroatoms. The first-order valence-corrected chi connectivity index (χ1v) is 5.86.